The molecule has 7 heteroatoms. The lowest BCUT2D eigenvalue weighted by atomic mass is 11.9. The van der Waals surface area contributed by atoms with Crippen LogP contribution in [0.1, 0.15) is 0 Å². The molecule has 0 bridgehead atoms. The van der Waals surface area contributed by atoms with Gasteiger partial charge in [0.15, 0.2) is 9.04 Å². The van der Waals surface area contributed by atoms with Crippen LogP contribution in [0.5, 0.6) is 0 Å². The van der Waals surface area contributed by atoms with Crippen molar-refractivity contribution in [2.24, 2.45) is 0 Å². The lowest BCUT2D eigenvalue weighted by Gasteiger charge is -2.21. The third-order valence-corrected chi connectivity index (χ3v) is 11.7. The van der Waals surface area contributed by atoms with Gasteiger partial charge in [0.05, 0.1) is 0 Å². The molecule has 0 rings (SSSR count). The minimum absolute atomic E-state index is 0.731. The van der Waals surface area contributed by atoms with Gasteiger partial charge in [0.1, 0.15) is 10.5 Å². The Labute approximate surface area is 77.0 Å². The molecule has 0 saturated heterocycles. The second kappa shape index (κ2) is 5.40. The molecule has 0 amide bonds. The Bertz CT molecular complexity index is 108. The molecule has 0 atom stereocenters. The van der Waals surface area contributed by atoms with Gasteiger partial charge in [-0.2, -0.15) is 0 Å². The van der Waals surface area contributed by atoms with Crippen molar-refractivity contribution in [2.75, 3.05) is 0 Å². The Balaban J connectivity index is 3.38. The normalized spacial score (nSPS) is 13.9. The van der Waals surface area contributed by atoms with Gasteiger partial charge in [0.2, 0.25) is 0 Å². The molecule has 0 radical (unpaired) electrons. The van der Waals surface area contributed by atoms with Crippen LogP contribution in [-0.2, 0) is 12.3 Å². The Morgan fingerprint density at radius 3 is 2.27 bits per heavy atom. The maximum Gasteiger partial charge on any atom is 0.311 e. The zero-order valence-electron chi connectivity index (χ0n) is 8.01. The fourth-order valence-corrected chi connectivity index (χ4v) is 5.01. The molecule has 3 nitrogen and oxygen atoms in total. The first kappa shape index (κ1) is 11.7. The summed E-state index contributed by atoms with van der Waals surface area (Å²) in [7, 11) is -2.54. The van der Waals surface area contributed by atoms with Crippen molar-refractivity contribution in [1.82, 2.24) is 0 Å². The zero-order chi connectivity index (χ0) is 8.91. The van der Waals surface area contributed by atoms with Gasteiger partial charge in [-0.15, -0.1) is 0 Å². The Morgan fingerprint density at radius 1 is 1.36 bits per heavy atom. The average molecular weight is 227 g/mol. The first-order chi connectivity index (χ1) is 4.98. The van der Waals surface area contributed by atoms with E-state index in [-0.39, 0.29) is 0 Å². The highest BCUT2D eigenvalue weighted by Crippen LogP contribution is 2.02. The van der Waals surface area contributed by atoms with Gasteiger partial charge >= 0.3 is 8.56 Å². The van der Waals surface area contributed by atoms with Crippen LogP contribution in [0.25, 0.3) is 0 Å². The third kappa shape index (κ3) is 7.12. The summed E-state index contributed by atoms with van der Waals surface area (Å²) in [5.41, 5.74) is 0. The Kier molecular flexibility index (Phi) is 5.77. The van der Waals surface area contributed by atoms with Crippen molar-refractivity contribution < 1.29 is 12.3 Å². The lowest BCUT2D eigenvalue weighted by molar-refractivity contribution is 0.388. The predicted molar refractivity (Wildman–Crippen MR) is 58.1 cm³/mol. The molecular formula is C4H18O3Si4. The van der Waals surface area contributed by atoms with Crippen molar-refractivity contribution in [2.45, 2.75) is 26.2 Å². The van der Waals surface area contributed by atoms with Crippen molar-refractivity contribution in [3.63, 3.8) is 0 Å². The summed E-state index contributed by atoms with van der Waals surface area (Å²) in [4.78, 5) is 0. The predicted octanol–water partition coefficient (Wildman–Crippen LogP) is -0.999. The number of rotatable bonds is 5. The monoisotopic (exact) mass is 226 g/mol. The molecule has 11 heavy (non-hydrogen) atoms. The molecule has 0 unspecified atom stereocenters. The molecule has 0 heterocycles. The van der Waals surface area contributed by atoms with Gasteiger partial charge in [0, 0.05) is 0 Å². The van der Waals surface area contributed by atoms with Gasteiger partial charge in [-0.1, -0.05) is 0 Å². The summed E-state index contributed by atoms with van der Waals surface area (Å²) >= 11 is 0. The molecule has 0 aromatic rings. The van der Waals surface area contributed by atoms with Gasteiger partial charge < -0.3 is 12.3 Å². The molecular weight excluding hydrogens is 208 g/mol. The fraction of sp³-hybridized carbons (Fsp3) is 1.00. The topological polar surface area (TPSA) is 27.7 Å². The second-order valence-corrected chi connectivity index (χ2v) is 12.3. The van der Waals surface area contributed by atoms with Crippen molar-refractivity contribution >= 4 is 38.1 Å². The first-order valence-corrected chi connectivity index (χ1v) is 11.4. The highest BCUT2D eigenvalue weighted by Gasteiger charge is 2.21. The van der Waals surface area contributed by atoms with E-state index in [1.807, 2.05) is 0 Å². The minimum atomic E-state index is -1.72. The third-order valence-electron chi connectivity index (χ3n) is 1.30. The molecule has 0 aliphatic carbocycles. The number of hydrogen-bond donors (Lipinski definition) is 0. The van der Waals surface area contributed by atoms with E-state index in [9.17, 15) is 0 Å². The standard InChI is InChI=1S/C4H18O3Si4/c1-10(2)6-9-7-11(3,4)5-8/h10H,9H2,1-4,8H3. The first-order valence-electron chi connectivity index (χ1n) is 3.78. The van der Waals surface area contributed by atoms with Crippen molar-refractivity contribution in [3.8, 4) is 0 Å². The van der Waals surface area contributed by atoms with E-state index in [0.29, 0.717) is 0 Å². The maximum atomic E-state index is 5.59. The summed E-state index contributed by atoms with van der Waals surface area (Å²) in [6.07, 6.45) is 0. The van der Waals surface area contributed by atoms with Crippen LogP contribution in [0.3, 0.4) is 0 Å². The van der Waals surface area contributed by atoms with Gasteiger partial charge in [-0.25, -0.2) is 0 Å². The maximum absolute atomic E-state index is 5.59. The molecule has 68 valence electrons. The van der Waals surface area contributed by atoms with E-state index < -0.39 is 27.6 Å². The van der Waals surface area contributed by atoms with Crippen LogP contribution in [0, 0.1) is 0 Å². The molecule has 0 aliphatic rings. The van der Waals surface area contributed by atoms with Crippen LogP contribution in [-0.4, -0.2) is 38.1 Å². The molecule has 0 N–H and O–H groups in total. The SMILES string of the molecule is C[SiH](C)O[SiH2]O[Si](C)(C)O[SiH3]. The lowest BCUT2D eigenvalue weighted by Crippen LogP contribution is -2.36. The molecule has 0 saturated carbocycles. The highest BCUT2D eigenvalue weighted by atomic mass is 28.4. The summed E-state index contributed by atoms with van der Waals surface area (Å²) in [6.45, 7) is 8.45. The molecule has 0 aromatic carbocycles. The molecule has 0 aromatic heterocycles. The van der Waals surface area contributed by atoms with Crippen molar-refractivity contribution in [1.29, 1.82) is 0 Å². The minimum Gasteiger partial charge on any atom is -0.445 e. The van der Waals surface area contributed by atoms with E-state index in [0.717, 1.165) is 10.5 Å². The van der Waals surface area contributed by atoms with E-state index in [2.05, 4.69) is 26.2 Å². The Hall–Kier alpha value is 0.748. The fourth-order valence-electron chi connectivity index (χ4n) is 0.371. The molecule has 0 fully saturated rings. The van der Waals surface area contributed by atoms with Crippen LogP contribution in [0.15, 0.2) is 0 Å². The molecule has 0 spiro atoms. The quantitative estimate of drug-likeness (QED) is 0.563. The van der Waals surface area contributed by atoms with Crippen LogP contribution < -0.4 is 0 Å². The van der Waals surface area contributed by atoms with Gasteiger partial charge in [-0.05, 0) is 26.2 Å². The highest BCUT2D eigenvalue weighted by molar-refractivity contribution is 6.72. The summed E-state index contributed by atoms with van der Waals surface area (Å²) in [5.74, 6) is 0. The van der Waals surface area contributed by atoms with Crippen LogP contribution >= 0.6 is 0 Å². The number of hydrogen-bond acceptors (Lipinski definition) is 3. The summed E-state index contributed by atoms with van der Waals surface area (Å²) < 4.78 is 16.4. The largest absolute Gasteiger partial charge is 0.445 e. The van der Waals surface area contributed by atoms with E-state index in [1.165, 1.54) is 0 Å². The van der Waals surface area contributed by atoms with E-state index >= 15 is 0 Å². The summed E-state index contributed by atoms with van der Waals surface area (Å²) in [5, 5.41) is 0. The summed E-state index contributed by atoms with van der Waals surface area (Å²) in [6, 6.07) is 0. The van der Waals surface area contributed by atoms with Gasteiger partial charge in [-0.3, -0.25) is 0 Å². The van der Waals surface area contributed by atoms with Crippen LogP contribution in [0.4, 0.5) is 0 Å². The van der Waals surface area contributed by atoms with Gasteiger partial charge in [0.25, 0.3) is 10.0 Å². The van der Waals surface area contributed by atoms with Crippen molar-refractivity contribution in [3.05, 3.63) is 0 Å². The van der Waals surface area contributed by atoms with Crippen LogP contribution in [0.2, 0.25) is 26.2 Å². The average Bonchev–Trinajstić information content (AvgIpc) is 1.87. The smallest absolute Gasteiger partial charge is 0.311 e. The molecule has 0 aliphatic heterocycles. The van der Waals surface area contributed by atoms with E-state index in [1.54, 1.807) is 0 Å². The Morgan fingerprint density at radius 2 is 1.91 bits per heavy atom. The zero-order valence-corrected chi connectivity index (χ0v) is 13.6. The van der Waals surface area contributed by atoms with E-state index in [4.69, 9.17) is 12.3 Å². The second-order valence-electron chi connectivity index (χ2n) is 3.08.